The Morgan fingerprint density at radius 2 is 1.96 bits per heavy atom. The second-order valence-electron chi connectivity index (χ2n) is 6.05. The van der Waals surface area contributed by atoms with Crippen molar-refractivity contribution in [2.24, 2.45) is 5.73 Å². The highest BCUT2D eigenvalue weighted by Crippen LogP contribution is 2.30. The standard InChI is InChI=1S/C19H21N3O2/c1-13(23)22-10-9-15-12-16(7-8-18(15)22)21-19(24)17(20)11-14-5-3-2-4-6-14/h2-8,12,17H,9-11,20H2,1H3,(H,21,24)/t17-/m0/s1. The van der Waals surface area contributed by atoms with Crippen molar-refractivity contribution in [3.05, 3.63) is 59.7 Å². The smallest absolute Gasteiger partial charge is 0.241 e. The maximum Gasteiger partial charge on any atom is 0.241 e. The molecule has 2 amide bonds. The molecule has 24 heavy (non-hydrogen) atoms. The Labute approximate surface area is 141 Å². The van der Waals surface area contributed by atoms with E-state index in [0.29, 0.717) is 18.7 Å². The molecule has 0 spiro atoms. The van der Waals surface area contributed by atoms with E-state index in [0.717, 1.165) is 23.2 Å². The molecule has 0 saturated heterocycles. The lowest BCUT2D eigenvalue weighted by Crippen LogP contribution is -2.37. The Hall–Kier alpha value is -2.66. The average molecular weight is 323 g/mol. The first-order valence-electron chi connectivity index (χ1n) is 8.06. The zero-order valence-corrected chi connectivity index (χ0v) is 13.7. The van der Waals surface area contributed by atoms with E-state index in [4.69, 9.17) is 5.73 Å². The van der Waals surface area contributed by atoms with E-state index in [2.05, 4.69) is 5.32 Å². The summed E-state index contributed by atoms with van der Waals surface area (Å²) >= 11 is 0. The molecule has 3 N–H and O–H groups in total. The van der Waals surface area contributed by atoms with Crippen molar-refractivity contribution in [2.75, 3.05) is 16.8 Å². The minimum absolute atomic E-state index is 0.0374. The first-order valence-corrected chi connectivity index (χ1v) is 8.06. The maximum atomic E-state index is 12.3. The van der Waals surface area contributed by atoms with Crippen LogP contribution in [0, 0.1) is 0 Å². The van der Waals surface area contributed by atoms with Crippen LogP contribution < -0.4 is 16.0 Å². The van der Waals surface area contributed by atoms with E-state index in [9.17, 15) is 9.59 Å². The summed E-state index contributed by atoms with van der Waals surface area (Å²) in [7, 11) is 0. The Kier molecular flexibility index (Phi) is 4.62. The molecule has 0 radical (unpaired) electrons. The van der Waals surface area contributed by atoms with Crippen LogP contribution in [0.3, 0.4) is 0 Å². The summed E-state index contributed by atoms with van der Waals surface area (Å²) in [5, 5.41) is 2.87. The highest BCUT2D eigenvalue weighted by molar-refractivity contribution is 5.97. The van der Waals surface area contributed by atoms with Gasteiger partial charge in [-0.2, -0.15) is 0 Å². The van der Waals surface area contributed by atoms with Gasteiger partial charge < -0.3 is 16.0 Å². The van der Waals surface area contributed by atoms with Crippen molar-refractivity contribution in [3.63, 3.8) is 0 Å². The third-order valence-electron chi connectivity index (χ3n) is 4.26. The van der Waals surface area contributed by atoms with E-state index >= 15 is 0 Å². The van der Waals surface area contributed by atoms with Gasteiger partial charge in [0.1, 0.15) is 0 Å². The van der Waals surface area contributed by atoms with Crippen molar-refractivity contribution in [1.82, 2.24) is 0 Å². The largest absolute Gasteiger partial charge is 0.325 e. The summed E-state index contributed by atoms with van der Waals surface area (Å²) in [4.78, 5) is 25.6. The van der Waals surface area contributed by atoms with Crippen LogP contribution in [0.25, 0.3) is 0 Å². The van der Waals surface area contributed by atoms with Crippen LogP contribution in [0.15, 0.2) is 48.5 Å². The minimum atomic E-state index is -0.602. The molecule has 1 heterocycles. The molecule has 5 heteroatoms. The van der Waals surface area contributed by atoms with Gasteiger partial charge in [0, 0.05) is 24.8 Å². The van der Waals surface area contributed by atoms with Crippen LogP contribution in [-0.4, -0.2) is 24.4 Å². The molecule has 0 bridgehead atoms. The number of carbonyl (C=O) groups is 2. The van der Waals surface area contributed by atoms with Crippen molar-refractivity contribution in [3.8, 4) is 0 Å². The zero-order valence-electron chi connectivity index (χ0n) is 13.7. The van der Waals surface area contributed by atoms with Crippen molar-refractivity contribution >= 4 is 23.2 Å². The molecule has 0 aromatic heterocycles. The summed E-state index contributed by atoms with van der Waals surface area (Å²) in [6.07, 6.45) is 1.30. The number of hydrogen-bond acceptors (Lipinski definition) is 3. The van der Waals surface area contributed by atoms with Crippen LogP contribution in [0.4, 0.5) is 11.4 Å². The Bertz CT molecular complexity index is 758. The number of amides is 2. The van der Waals surface area contributed by atoms with E-state index in [1.165, 1.54) is 0 Å². The van der Waals surface area contributed by atoms with Gasteiger partial charge in [-0.05, 0) is 42.2 Å². The van der Waals surface area contributed by atoms with Crippen molar-refractivity contribution in [1.29, 1.82) is 0 Å². The van der Waals surface area contributed by atoms with E-state index in [-0.39, 0.29) is 11.8 Å². The number of hydrogen-bond donors (Lipinski definition) is 2. The molecule has 3 rings (SSSR count). The number of nitrogens with zero attached hydrogens (tertiary/aromatic N) is 1. The molecule has 1 aliphatic heterocycles. The van der Waals surface area contributed by atoms with Crippen molar-refractivity contribution < 1.29 is 9.59 Å². The fourth-order valence-corrected chi connectivity index (χ4v) is 3.00. The molecule has 0 saturated carbocycles. The predicted molar refractivity (Wildman–Crippen MR) is 94.9 cm³/mol. The summed E-state index contributed by atoms with van der Waals surface area (Å²) in [5.41, 5.74) is 9.75. The summed E-state index contributed by atoms with van der Waals surface area (Å²) in [6, 6.07) is 14.7. The Balaban J connectivity index is 1.66. The van der Waals surface area contributed by atoms with Gasteiger partial charge in [0.05, 0.1) is 6.04 Å². The van der Waals surface area contributed by atoms with Gasteiger partial charge in [-0.25, -0.2) is 0 Å². The lowest BCUT2D eigenvalue weighted by molar-refractivity contribution is -0.117. The van der Waals surface area contributed by atoms with Crippen LogP contribution >= 0.6 is 0 Å². The number of anilines is 2. The topological polar surface area (TPSA) is 75.4 Å². The summed E-state index contributed by atoms with van der Waals surface area (Å²) in [5.74, 6) is -0.171. The molecule has 1 atom stereocenters. The lowest BCUT2D eigenvalue weighted by atomic mass is 10.1. The molecule has 0 unspecified atom stereocenters. The zero-order chi connectivity index (χ0) is 17.1. The first kappa shape index (κ1) is 16.2. The number of rotatable bonds is 4. The van der Waals surface area contributed by atoms with Gasteiger partial charge >= 0.3 is 0 Å². The second kappa shape index (κ2) is 6.84. The molecule has 1 aliphatic rings. The van der Waals surface area contributed by atoms with E-state index in [1.807, 2.05) is 48.5 Å². The lowest BCUT2D eigenvalue weighted by Gasteiger charge is -2.16. The van der Waals surface area contributed by atoms with E-state index < -0.39 is 6.04 Å². The van der Waals surface area contributed by atoms with Crippen LogP contribution in [0.1, 0.15) is 18.1 Å². The SMILES string of the molecule is CC(=O)N1CCc2cc(NC(=O)[C@@H](N)Cc3ccccc3)ccc21. The van der Waals surface area contributed by atoms with Gasteiger partial charge in [-0.1, -0.05) is 30.3 Å². The normalized spacial score (nSPS) is 14.2. The van der Waals surface area contributed by atoms with Crippen molar-refractivity contribution in [2.45, 2.75) is 25.8 Å². The summed E-state index contributed by atoms with van der Waals surface area (Å²) in [6.45, 7) is 2.25. The molecule has 0 aliphatic carbocycles. The third kappa shape index (κ3) is 3.46. The Morgan fingerprint density at radius 3 is 2.67 bits per heavy atom. The first-order chi connectivity index (χ1) is 11.5. The third-order valence-corrected chi connectivity index (χ3v) is 4.26. The average Bonchev–Trinajstić information content (AvgIpc) is 2.99. The number of carbonyl (C=O) groups excluding carboxylic acids is 2. The number of fused-ring (bicyclic) bond motifs is 1. The van der Waals surface area contributed by atoms with Crippen LogP contribution in [-0.2, 0) is 22.4 Å². The highest BCUT2D eigenvalue weighted by atomic mass is 16.2. The molecule has 124 valence electrons. The molecule has 0 fully saturated rings. The number of nitrogens with one attached hydrogen (secondary N) is 1. The highest BCUT2D eigenvalue weighted by Gasteiger charge is 2.22. The number of nitrogens with two attached hydrogens (primary N) is 1. The fourth-order valence-electron chi connectivity index (χ4n) is 3.00. The molecular formula is C19H21N3O2. The van der Waals surface area contributed by atoms with Crippen LogP contribution in [0.5, 0.6) is 0 Å². The van der Waals surface area contributed by atoms with E-state index in [1.54, 1.807) is 11.8 Å². The molecule has 5 nitrogen and oxygen atoms in total. The van der Waals surface area contributed by atoms with Gasteiger partial charge in [0.2, 0.25) is 11.8 Å². The maximum absolute atomic E-state index is 12.3. The number of benzene rings is 2. The van der Waals surface area contributed by atoms with Crippen LogP contribution in [0.2, 0.25) is 0 Å². The van der Waals surface area contributed by atoms with Gasteiger partial charge in [0.15, 0.2) is 0 Å². The second-order valence-corrected chi connectivity index (χ2v) is 6.05. The van der Waals surface area contributed by atoms with Gasteiger partial charge in [-0.3, -0.25) is 9.59 Å². The molecular weight excluding hydrogens is 302 g/mol. The quantitative estimate of drug-likeness (QED) is 0.905. The van der Waals surface area contributed by atoms with Gasteiger partial charge in [-0.15, -0.1) is 0 Å². The van der Waals surface area contributed by atoms with Gasteiger partial charge in [0.25, 0.3) is 0 Å². The predicted octanol–water partition coefficient (Wildman–Crippen LogP) is 2.10. The fraction of sp³-hybridized carbons (Fsp3) is 0.263. The Morgan fingerprint density at radius 1 is 1.21 bits per heavy atom. The minimum Gasteiger partial charge on any atom is -0.325 e. The molecule has 2 aromatic rings. The molecule has 2 aromatic carbocycles. The monoisotopic (exact) mass is 323 g/mol. The summed E-state index contributed by atoms with van der Waals surface area (Å²) < 4.78 is 0.